The fourth-order valence-corrected chi connectivity index (χ4v) is 5.37. The van der Waals surface area contributed by atoms with Crippen LogP contribution in [0.1, 0.15) is 44.1 Å². The van der Waals surface area contributed by atoms with Crippen LogP contribution in [0, 0.1) is 5.92 Å². The fraction of sp³-hybridized carbons (Fsp3) is 0.682. The largest absolute Gasteiger partial charge is 0.342 e. The van der Waals surface area contributed by atoms with Crippen LogP contribution in [0.3, 0.4) is 0 Å². The quantitative estimate of drug-likeness (QED) is 0.789. The number of nitrogens with zero attached hydrogens (tertiary/aromatic N) is 1. The molecule has 4 rings (SSSR count). The zero-order valence-corrected chi connectivity index (χ0v) is 16.1. The molecular weight excluding hydrogens is 322 g/mol. The minimum atomic E-state index is 0.298. The summed E-state index contributed by atoms with van der Waals surface area (Å²) < 4.78 is 0. The van der Waals surface area contributed by atoms with Gasteiger partial charge < -0.3 is 14.7 Å². The zero-order chi connectivity index (χ0) is 17.8. The summed E-state index contributed by atoms with van der Waals surface area (Å²) in [6.07, 6.45) is 7.41. The number of hydrogen-bond donors (Lipinski definition) is 2. The first-order chi connectivity index (χ1) is 12.8. The van der Waals surface area contributed by atoms with Crippen LogP contribution < -0.4 is 9.80 Å². The molecule has 142 valence electrons. The average molecular weight is 358 g/mol. The van der Waals surface area contributed by atoms with Gasteiger partial charge in [0.05, 0.1) is 38.1 Å². The Morgan fingerprint density at radius 2 is 1.69 bits per heavy atom. The van der Waals surface area contributed by atoms with E-state index in [0.29, 0.717) is 11.8 Å². The Labute approximate surface area is 158 Å². The average Bonchev–Trinajstić information content (AvgIpc) is 3.24. The molecule has 4 nitrogen and oxygen atoms in total. The number of benzene rings is 1. The molecule has 3 heterocycles. The molecule has 1 unspecified atom stereocenters. The molecule has 3 aliphatic heterocycles. The Morgan fingerprint density at radius 1 is 0.962 bits per heavy atom. The molecule has 3 aliphatic rings. The van der Waals surface area contributed by atoms with Crippen LogP contribution in [0.15, 0.2) is 30.3 Å². The first-order valence-electron chi connectivity index (χ1n) is 10.8. The Hall–Kier alpha value is -1.39. The zero-order valence-electron chi connectivity index (χ0n) is 16.1. The van der Waals surface area contributed by atoms with Gasteiger partial charge in [0.1, 0.15) is 6.54 Å². The van der Waals surface area contributed by atoms with Crippen molar-refractivity contribution in [1.82, 2.24) is 4.90 Å². The van der Waals surface area contributed by atoms with E-state index in [1.165, 1.54) is 63.8 Å². The van der Waals surface area contributed by atoms with Crippen LogP contribution in [0.5, 0.6) is 0 Å². The summed E-state index contributed by atoms with van der Waals surface area (Å²) >= 11 is 0. The van der Waals surface area contributed by atoms with Crippen LogP contribution >= 0.6 is 0 Å². The van der Waals surface area contributed by atoms with Crippen molar-refractivity contribution < 1.29 is 14.6 Å². The SMILES string of the molecule is O=C([C@@H]1CCC[NH+](C2CC[NH+](Cc3ccccc3)CC2)C1)N1CCCC1. The van der Waals surface area contributed by atoms with Crippen molar-refractivity contribution in [2.75, 3.05) is 39.3 Å². The Bertz CT molecular complexity index is 576. The monoisotopic (exact) mass is 357 g/mol. The van der Waals surface area contributed by atoms with Crippen LogP contribution in [0.4, 0.5) is 0 Å². The number of carbonyl (C=O) groups excluding carboxylic acids is 1. The number of carbonyl (C=O) groups is 1. The van der Waals surface area contributed by atoms with E-state index in [1.54, 1.807) is 9.80 Å². The summed E-state index contributed by atoms with van der Waals surface area (Å²) in [5, 5.41) is 0. The second-order valence-corrected chi connectivity index (χ2v) is 8.67. The maximum atomic E-state index is 12.8. The number of rotatable bonds is 4. The maximum Gasteiger partial charge on any atom is 0.231 e. The summed E-state index contributed by atoms with van der Waals surface area (Å²) in [4.78, 5) is 18.4. The van der Waals surface area contributed by atoms with Gasteiger partial charge in [-0.2, -0.15) is 0 Å². The Kier molecular flexibility index (Phi) is 5.91. The molecule has 2 N–H and O–H groups in total. The molecule has 0 saturated carbocycles. The van der Waals surface area contributed by atoms with E-state index in [9.17, 15) is 4.79 Å². The number of piperidine rings is 2. The smallest absolute Gasteiger partial charge is 0.231 e. The molecule has 2 atom stereocenters. The van der Waals surface area contributed by atoms with Crippen molar-refractivity contribution in [3.8, 4) is 0 Å². The van der Waals surface area contributed by atoms with Gasteiger partial charge in [-0.1, -0.05) is 30.3 Å². The second-order valence-electron chi connectivity index (χ2n) is 8.67. The first-order valence-corrected chi connectivity index (χ1v) is 10.8. The fourth-order valence-electron chi connectivity index (χ4n) is 5.37. The summed E-state index contributed by atoms with van der Waals surface area (Å²) in [5.74, 6) is 0.762. The standard InChI is InChI=1S/C22H33N3O/c26-22(24-12-4-5-13-24)20-9-6-14-25(18-20)21-10-15-23(16-11-21)17-19-7-2-1-3-8-19/h1-3,7-8,20-21H,4-6,9-18H2/p+2/t20-/m1/s1. The number of nitrogens with one attached hydrogen (secondary N) is 2. The molecule has 0 bridgehead atoms. The van der Waals surface area contributed by atoms with Gasteiger partial charge in [-0.15, -0.1) is 0 Å². The van der Waals surface area contributed by atoms with Crippen LogP contribution in [0.2, 0.25) is 0 Å². The molecule has 0 aliphatic carbocycles. The molecule has 0 aromatic heterocycles. The van der Waals surface area contributed by atoms with Gasteiger partial charge in [-0.3, -0.25) is 4.79 Å². The second kappa shape index (κ2) is 8.53. The first kappa shape index (κ1) is 18.0. The highest BCUT2D eigenvalue weighted by Gasteiger charge is 2.37. The number of quaternary nitrogens is 2. The topological polar surface area (TPSA) is 29.2 Å². The molecule has 0 spiro atoms. The molecule has 1 aromatic rings. The molecular formula is C22H35N3O+2. The normalized spacial score (nSPS) is 32.5. The van der Waals surface area contributed by atoms with Crippen molar-refractivity contribution >= 4 is 5.91 Å². The van der Waals surface area contributed by atoms with E-state index in [-0.39, 0.29) is 0 Å². The van der Waals surface area contributed by atoms with Crippen molar-refractivity contribution in [2.24, 2.45) is 5.92 Å². The summed E-state index contributed by atoms with van der Waals surface area (Å²) in [6.45, 7) is 8.12. The van der Waals surface area contributed by atoms with Crippen LogP contribution in [-0.4, -0.2) is 56.1 Å². The van der Waals surface area contributed by atoms with Gasteiger partial charge in [-0.25, -0.2) is 0 Å². The van der Waals surface area contributed by atoms with E-state index in [1.807, 2.05) is 0 Å². The summed E-state index contributed by atoms with van der Waals surface area (Å²) in [5.41, 5.74) is 1.46. The Balaban J connectivity index is 1.26. The molecule has 26 heavy (non-hydrogen) atoms. The lowest BCUT2D eigenvalue weighted by atomic mass is 9.93. The van der Waals surface area contributed by atoms with E-state index < -0.39 is 0 Å². The number of hydrogen-bond acceptors (Lipinski definition) is 1. The number of likely N-dealkylation sites (tertiary alicyclic amines) is 3. The minimum Gasteiger partial charge on any atom is -0.342 e. The highest BCUT2D eigenvalue weighted by atomic mass is 16.2. The van der Waals surface area contributed by atoms with Gasteiger partial charge in [0.2, 0.25) is 5.91 Å². The van der Waals surface area contributed by atoms with E-state index in [0.717, 1.165) is 32.1 Å². The van der Waals surface area contributed by atoms with Gasteiger partial charge in [0.15, 0.2) is 0 Å². The van der Waals surface area contributed by atoms with Crippen molar-refractivity contribution in [3.05, 3.63) is 35.9 Å². The predicted octanol–water partition coefficient (Wildman–Crippen LogP) is 0.151. The minimum absolute atomic E-state index is 0.298. The lowest BCUT2D eigenvalue weighted by molar-refractivity contribution is -0.967. The van der Waals surface area contributed by atoms with Gasteiger partial charge in [-0.05, 0) is 25.7 Å². The van der Waals surface area contributed by atoms with Crippen LogP contribution in [-0.2, 0) is 11.3 Å². The molecule has 3 saturated heterocycles. The third kappa shape index (κ3) is 4.29. The lowest BCUT2D eigenvalue weighted by Crippen LogP contribution is -3.21. The van der Waals surface area contributed by atoms with E-state index >= 15 is 0 Å². The third-order valence-electron chi connectivity index (χ3n) is 6.89. The van der Waals surface area contributed by atoms with Crippen molar-refractivity contribution in [3.63, 3.8) is 0 Å². The van der Waals surface area contributed by atoms with Crippen molar-refractivity contribution in [2.45, 2.75) is 51.1 Å². The summed E-state index contributed by atoms with van der Waals surface area (Å²) in [7, 11) is 0. The Morgan fingerprint density at radius 3 is 2.42 bits per heavy atom. The van der Waals surface area contributed by atoms with E-state index in [2.05, 4.69) is 35.2 Å². The molecule has 4 heteroatoms. The summed E-state index contributed by atoms with van der Waals surface area (Å²) in [6, 6.07) is 11.7. The molecule has 3 fully saturated rings. The third-order valence-corrected chi connectivity index (χ3v) is 6.89. The van der Waals surface area contributed by atoms with Crippen molar-refractivity contribution in [1.29, 1.82) is 0 Å². The highest BCUT2D eigenvalue weighted by Crippen LogP contribution is 2.17. The van der Waals surface area contributed by atoms with Crippen LogP contribution in [0.25, 0.3) is 0 Å². The van der Waals surface area contributed by atoms with Gasteiger partial charge in [0, 0.05) is 31.5 Å². The highest BCUT2D eigenvalue weighted by molar-refractivity contribution is 5.79. The number of amides is 1. The molecule has 1 aromatic carbocycles. The predicted molar refractivity (Wildman–Crippen MR) is 103 cm³/mol. The molecule has 0 radical (unpaired) electrons. The lowest BCUT2D eigenvalue weighted by Gasteiger charge is -2.38. The van der Waals surface area contributed by atoms with Gasteiger partial charge in [0.25, 0.3) is 0 Å². The molecule has 1 amide bonds. The van der Waals surface area contributed by atoms with E-state index in [4.69, 9.17) is 0 Å². The van der Waals surface area contributed by atoms with Gasteiger partial charge >= 0.3 is 0 Å². The maximum absolute atomic E-state index is 12.8.